The molecule has 0 spiro atoms. The van der Waals surface area contributed by atoms with Gasteiger partial charge in [0.25, 0.3) is 0 Å². The molecule has 2 atom stereocenters. The van der Waals surface area contributed by atoms with Gasteiger partial charge >= 0.3 is 0 Å². The Labute approximate surface area is 166 Å². The van der Waals surface area contributed by atoms with Crippen LogP contribution in [0.5, 0.6) is 0 Å². The summed E-state index contributed by atoms with van der Waals surface area (Å²) in [6, 6.07) is 17.5. The fraction of sp³-hybridized carbons (Fsp3) is 0.333. The first-order valence-electron chi connectivity index (χ1n) is 10.1. The van der Waals surface area contributed by atoms with Crippen LogP contribution in [0.3, 0.4) is 0 Å². The summed E-state index contributed by atoms with van der Waals surface area (Å²) >= 11 is 0. The first-order valence-corrected chi connectivity index (χ1v) is 10.1. The third kappa shape index (κ3) is 3.65. The Kier molecular flexibility index (Phi) is 5.40. The van der Waals surface area contributed by atoms with Gasteiger partial charge in [-0.3, -0.25) is 9.79 Å². The first-order chi connectivity index (χ1) is 13.7. The summed E-state index contributed by atoms with van der Waals surface area (Å²) in [6.45, 7) is 2.18. The van der Waals surface area contributed by atoms with E-state index in [4.69, 9.17) is 10.7 Å². The largest absolute Gasteiger partial charge is 0.320 e. The summed E-state index contributed by atoms with van der Waals surface area (Å²) in [7, 11) is 0. The van der Waals surface area contributed by atoms with Gasteiger partial charge < -0.3 is 10.6 Å². The number of carbonyl (C=O) groups excluding carboxylic acids is 1. The van der Waals surface area contributed by atoms with Crippen LogP contribution in [0.1, 0.15) is 37.3 Å². The predicted octanol–water partition coefficient (Wildman–Crippen LogP) is 4.04. The smallest absolute Gasteiger partial charge is 0.244 e. The molecule has 1 amide bonds. The molecule has 2 N–H and O–H groups in total. The summed E-state index contributed by atoms with van der Waals surface area (Å²) in [5, 5.41) is 0. The highest BCUT2D eigenvalue weighted by Gasteiger charge is 2.39. The number of nitrogens with two attached hydrogens (primary N) is 1. The number of carbonyl (C=O) groups is 1. The zero-order valence-corrected chi connectivity index (χ0v) is 16.3. The fourth-order valence-electron chi connectivity index (χ4n) is 4.24. The number of benzene rings is 2. The van der Waals surface area contributed by atoms with Crippen LogP contribution < -0.4 is 10.6 Å². The monoisotopic (exact) mass is 373 g/mol. The molecule has 2 aliphatic rings. The predicted molar refractivity (Wildman–Crippen MR) is 115 cm³/mol. The van der Waals surface area contributed by atoms with E-state index in [0.717, 1.165) is 42.6 Å². The Balaban J connectivity index is 1.57. The molecule has 2 aromatic carbocycles. The highest BCUT2D eigenvalue weighted by Crippen LogP contribution is 2.35. The first kappa shape index (κ1) is 18.6. The van der Waals surface area contributed by atoms with Gasteiger partial charge in [-0.2, -0.15) is 0 Å². The van der Waals surface area contributed by atoms with E-state index in [-0.39, 0.29) is 11.9 Å². The topological polar surface area (TPSA) is 58.7 Å². The van der Waals surface area contributed by atoms with Gasteiger partial charge in [0.2, 0.25) is 5.91 Å². The lowest BCUT2D eigenvalue weighted by molar-refractivity contribution is -0.119. The lowest BCUT2D eigenvalue weighted by Crippen LogP contribution is -2.50. The van der Waals surface area contributed by atoms with E-state index in [2.05, 4.69) is 13.0 Å². The number of allylic oxidation sites excluding steroid dienone is 1. The molecule has 0 aromatic heterocycles. The van der Waals surface area contributed by atoms with E-state index in [9.17, 15) is 4.79 Å². The van der Waals surface area contributed by atoms with Crippen molar-refractivity contribution in [1.29, 1.82) is 0 Å². The normalized spacial score (nSPS) is 19.2. The zero-order chi connectivity index (χ0) is 19.5. The van der Waals surface area contributed by atoms with Crippen LogP contribution in [0.4, 0.5) is 5.69 Å². The van der Waals surface area contributed by atoms with Crippen molar-refractivity contribution in [1.82, 2.24) is 0 Å². The second-order valence-electron chi connectivity index (χ2n) is 7.69. The standard InChI is InChI=1S/C24H27N3O/c1-2-8-18-14-21(26-16-18)23-15-19-11-6-7-12-22(19)27(23)24(28)20(25)13-17-9-4-3-5-10-17/h3-7,9-12,16,20,23H,2,8,13-15,25H2,1H3. The SMILES string of the molecule is CCCC1=CN=C(C2Cc3ccccc3N2C(=O)C(N)Cc2ccccc2)C1. The van der Waals surface area contributed by atoms with Crippen molar-refractivity contribution >= 4 is 17.3 Å². The van der Waals surface area contributed by atoms with Crippen molar-refractivity contribution in [2.75, 3.05) is 4.90 Å². The summed E-state index contributed by atoms with van der Waals surface area (Å²) in [5.41, 5.74) is 12.1. The number of amides is 1. The molecule has 0 radical (unpaired) electrons. The molecule has 0 fully saturated rings. The average molecular weight is 374 g/mol. The van der Waals surface area contributed by atoms with Gasteiger partial charge in [-0.05, 0) is 35.6 Å². The highest BCUT2D eigenvalue weighted by molar-refractivity contribution is 6.08. The Hall–Kier alpha value is -2.72. The molecule has 2 aromatic rings. The van der Waals surface area contributed by atoms with Crippen molar-refractivity contribution in [3.63, 3.8) is 0 Å². The van der Waals surface area contributed by atoms with Crippen molar-refractivity contribution < 1.29 is 4.79 Å². The number of anilines is 1. The van der Waals surface area contributed by atoms with Crippen molar-refractivity contribution in [3.8, 4) is 0 Å². The zero-order valence-electron chi connectivity index (χ0n) is 16.3. The lowest BCUT2D eigenvalue weighted by atomic mass is 9.99. The van der Waals surface area contributed by atoms with Crippen LogP contribution in [0.15, 0.2) is 71.4 Å². The van der Waals surface area contributed by atoms with Gasteiger partial charge in [-0.25, -0.2) is 0 Å². The van der Waals surface area contributed by atoms with Crippen LogP contribution in [-0.2, 0) is 17.6 Å². The van der Waals surface area contributed by atoms with Crippen molar-refractivity contribution in [3.05, 3.63) is 77.5 Å². The number of nitrogens with zero attached hydrogens (tertiary/aromatic N) is 2. The number of para-hydroxylation sites is 1. The molecule has 0 aliphatic carbocycles. The molecule has 28 heavy (non-hydrogen) atoms. The second-order valence-corrected chi connectivity index (χ2v) is 7.69. The van der Waals surface area contributed by atoms with Gasteiger partial charge in [0, 0.05) is 30.4 Å². The summed E-state index contributed by atoms with van der Waals surface area (Å²) in [5.74, 6) is -0.0227. The van der Waals surface area contributed by atoms with E-state index >= 15 is 0 Å². The van der Waals surface area contributed by atoms with Gasteiger partial charge in [0.15, 0.2) is 0 Å². The summed E-state index contributed by atoms with van der Waals surface area (Å²) in [4.78, 5) is 20.0. The minimum absolute atomic E-state index is 0.0227. The summed E-state index contributed by atoms with van der Waals surface area (Å²) < 4.78 is 0. The molecule has 2 aliphatic heterocycles. The number of rotatable bonds is 6. The van der Waals surface area contributed by atoms with E-state index in [1.165, 1.54) is 11.1 Å². The average Bonchev–Trinajstić information content (AvgIpc) is 3.33. The quantitative estimate of drug-likeness (QED) is 0.831. The molecule has 2 unspecified atom stereocenters. The maximum atomic E-state index is 13.4. The third-order valence-corrected chi connectivity index (χ3v) is 5.61. The Morgan fingerprint density at radius 3 is 2.71 bits per heavy atom. The molecule has 0 saturated carbocycles. The Morgan fingerprint density at radius 1 is 1.18 bits per heavy atom. The molecule has 4 rings (SSSR count). The lowest BCUT2D eigenvalue weighted by Gasteiger charge is -2.28. The molecule has 0 bridgehead atoms. The molecule has 4 nitrogen and oxygen atoms in total. The molecule has 144 valence electrons. The van der Waals surface area contributed by atoms with E-state index < -0.39 is 6.04 Å². The maximum Gasteiger partial charge on any atom is 0.244 e. The molecular weight excluding hydrogens is 346 g/mol. The number of aliphatic imine (C=N–C) groups is 1. The number of hydrogen-bond donors (Lipinski definition) is 1. The molecule has 0 saturated heterocycles. The molecule has 4 heteroatoms. The Bertz CT molecular complexity index is 916. The van der Waals surface area contributed by atoms with Crippen LogP contribution in [-0.4, -0.2) is 23.7 Å². The van der Waals surface area contributed by atoms with Gasteiger partial charge in [-0.15, -0.1) is 0 Å². The maximum absolute atomic E-state index is 13.4. The Morgan fingerprint density at radius 2 is 1.93 bits per heavy atom. The highest BCUT2D eigenvalue weighted by atomic mass is 16.2. The number of hydrogen-bond acceptors (Lipinski definition) is 3. The fourth-order valence-corrected chi connectivity index (χ4v) is 4.24. The van der Waals surface area contributed by atoms with Gasteiger partial charge in [-0.1, -0.05) is 61.9 Å². The minimum atomic E-state index is -0.568. The molecular formula is C24H27N3O. The van der Waals surface area contributed by atoms with Gasteiger partial charge in [0.1, 0.15) is 0 Å². The van der Waals surface area contributed by atoms with Crippen LogP contribution in [0.2, 0.25) is 0 Å². The number of fused-ring (bicyclic) bond motifs is 1. The van der Waals surface area contributed by atoms with Gasteiger partial charge in [0.05, 0.1) is 12.1 Å². The van der Waals surface area contributed by atoms with Crippen molar-refractivity contribution in [2.24, 2.45) is 10.7 Å². The summed E-state index contributed by atoms with van der Waals surface area (Å²) in [6.07, 6.45) is 6.39. The second kappa shape index (κ2) is 8.11. The van der Waals surface area contributed by atoms with Crippen molar-refractivity contribution in [2.45, 2.75) is 51.1 Å². The van der Waals surface area contributed by atoms with E-state index in [1.807, 2.05) is 59.6 Å². The third-order valence-electron chi connectivity index (χ3n) is 5.61. The van der Waals surface area contributed by atoms with E-state index in [1.54, 1.807) is 0 Å². The van der Waals surface area contributed by atoms with Crippen LogP contribution in [0, 0.1) is 0 Å². The van der Waals surface area contributed by atoms with Crippen LogP contribution in [0.25, 0.3) is 0 Å². The van der Waals surface area contributed by atoms with Crippen LogP contribution >= 0.6 is 0 Å². The van der Waals surface area contributed by atoms with E-state index in [0.29, 0.717) is 6.42 Å². The minimum Gasteiger partial charge on any atom is -0.320 e. The molecule has 2 heterocycles.